The van der Waals surface area contributed by atoms with Crippen molar-refractivity contribution in [1.82, 2.24) is 4.90 Å². The summed E-state index contributed by atoms with van der Waals surface area (Å²) >= 11 is 0. The summed E-state index contributed by atoms with van der Waals surface area (Å²) in [6.45, 7) is 11.6. The minimum Gasteiger partial charge on any atom is -0.459 e. The maximum Gasteiger partial charge on any atom is 0.330 e. The number of carbonyl (C=O) groups is 2. The molecule has 13 heteroatoms. The number of likely N-dealkylation sites (N-methyl/N-ethyl adjacent to an activating group) is 1. The van der Waals surface area contributed by atoms with Crippen molar-refractivity contribution in [2.24, 2.45) is 23.7 Å². The topological polar surface area (TPSA) is 155 Å². The van der Waals surface area contributed by atoms with Gasteiger partial charge in [-0.05, 0) is 65.3 Å². The van der Waals surface area contributed by atoms with Gasteiger partial charge in [-0.2, -0.15) is 0 Å². The molecule has 0 aromatic rings. The van der Waals surface area contributed by atoms with Crippen molar-refractivity contribution < 1.29 is 57.7 Å². The second-order valence-corrected chi connectivity index (χ2v) is 14.8. The summed E-state index contributed by atoms with van der Waals surface area (Å²) in [6.07, 6.45) is 0.848. The third-order valence-electron chi connectivity index (χ3n) is 10.7. The second-order valence-electron chi connectivity index (χ2n) is 14.8. The number of carbonyl (C=O) groups excluding carboxylic acids is 2. The number of aliphatic hydroxyl groups excluding tert-OH is 2. The van der Waals surface area contributed by atoms with Gasteiger partial charge < -0.3 is 53.0 Å². The van der Waals surface area contributed by atoms with Gasteiger partial charge in [0.1, 0.15) is 36.6 Å². The van der Waals surface area contributed by atoms with Crippen LogP contribution in [0, 0.1) is 23.7 Å². The van der Waals surface area contributed by atoms with Gasteiger partial charge in [0, 0.05) is 44.1 Å². The Balaban J connectivity index is 1.56. The summed E-state index contributed by atoms with van der Waals surface area (Å²) in [5.74, 6) is -1.66. The molecule has 0 bridgehead atoms. The van der Waals surface area contributed by atoms with E-state index < -0.39 is 67.2 Å². The number of fused-ring (bicyclic) bond motifs is 1. The fraction of sp³-hybridized carbons (Fsp3) is 0.838. The van der Waals surface area contributed by atoms with E-state index >= 15 is 0 Å². The number of methoxy groups -OCH3 is 2. The molecule has 17 atom stereocenters. The van der Waals surface area contributed by atoms with Gasteiger partial charge in [-0.3, -0.25) is 4.79 Å². The van der Waals surface area contributed by atoms with E-state index in [2.05, 4.69) is 0 Å². The molecule has 0 saturated carbocycles. The monoisotopic (exact) mass is 711 g/mol. The number of allylic oxidation sites excluding steroid dienone is 1. The number of ketones is 1. The second kappa shape index (κ2) is 18.3. The molecule has 0 spiro atoms. The minimum atomic E-state index is -0.904. The number of rotatable bonds is 9. The van der Waals surface area contributed by atoms with E-state index in [4.69, 9.17) is 37.9 Å². The van der Waals surface area contributed by atoms with Gasteiger partial charge in [-0.15, -0.1) is 0 Å². The molecular weight excluding hydrogens is 650 g/mol. The molecule has 286 valence electrons. The smallest absolute Gasteiger partial charge is 0.330 e. The zero-order valence-electron chi connectivity index (χ0n) is 31.4. The molecular formula is C37H61NO12. The zero-order valence-corrected chi connectivity index (χ0v) is 31.4. The van der Waals surface area contributed by atoms with Crippen molar-refractivity contribution in [3.8, 4) is 0 Å². The predicted molar refractivity (Wildman–Crippen MR) is 183 cm³/mol. The van der Waals surface area contributed by atoms with Gasteiger partial charge in [0.05, 0.1) is 31.0 Å². The average molecular weight is 712 g/mol. The van der Waals surface area contributed by atoms with Crippen molar-refractivity contribution >= 4 is 11.8 Å². The van der Waals surface area contributed by atoms with Crippen molar-refractivity contribution in [3.05, 3.63) is 24.3 Å². The highest BCUT2D eigenvalue weighted by Gasteiger charge is 2.50. The predicted octanol–water partition coefficient (Wildman–Crippen LogP) is 2.65. The Labute approximate surface area is 297 Å². The number of nitrogens with zero attached hydrogens (tertiary/aromatic N) is 1. The van der Waals surface area contributed by atoms with Crippen LogP contribution >= 0.6 is 0 Å². The Kier molecular flexibility index (Phi) is 15.0. The molecule has 4 aliphatic heterocycles. The first-order chi connectivity index (χ1) is 23.7. The lowest BCUT2D eigenvalue weighted by Gasteiger charge is -2.43. The van der Waals surface area contributed by atoms with Crippen LogP contribution in [-0.4, -0.2) is 141 Å². The van der Waals surface area contributed by atoms with E-state index in [0.29, 0.717) is 19.3 Å². The van der Waals surface area contributed by atoms with Gasteiger partial charge in [-0.25, -0.2) is 4.79 Å². The summed E-state index contributed by atoms with van der Waals surface area (Å²) in [4.78, 5) is 28.7. The van der Waals surface area contributed by atoms with Crippen LogP contribution in [0.1, 0.15) is 60.8 Å². The van der Waals surface area contributed by atoms with Gasteiger partial charge >= 0.3 is 5.97 Å². The third-order valence-corrected chi connectivity index (χ3v) is 10.7. The minimum absolute atomic E-state index is 0.0293. The number of hydrogen-bond donors (Lipinski definition) is 2. The van der Waals surface area contributed by atoms with Crippen molar-refractivity contribution in [1.29, 1.82) is 0 Å². The molecule has 2 N–H and O–H groups in total. The summed E-state index contributed by atoms with van der Waals surface area (Å²) in [5, 5.41) is 21.8. The molecule has 4 aliphatic rings. The largest absolute Gasteiger partial charge is 0.459 e. The van der Waals surface area contributed by atoms with Crippen LogP contribution < -0.4 is 0 Å². The number of epoxide rings is 1. The third kappa shape index (κ3) is 10.00. The maximum absolute atomic E-state index is 13.4. The summed E-state index contributed by atoms with van der Waals surface area (Å²) in [7, 11) is 6.85. The maximum atomic E-state index is 13.4. The number of ether oxygens (including phenoxy) is 8. The number of hydrogen-bond acceptors (Lipinski definition) is 13. The van der Waals surface area contributed by atoms with Gasteiger partial charge in [-0.1, -0.05) is 33.8 Å². The van der Waals surface area contributed by atoms with Crippen LogP contribution in [0.25, 0.3) is 0 Å². The van der Waals surface area contributed by atoms with Crippen molar-refractivity contribution in [2.75, 3.05) is 34.9 Å². The van der Waals surface area contributed by atoms with E-state index in [9.17, 15) is 19.8 Å². The van der Waals surface area contributed by atoms with E-state index in [1.807, 2.05) is 53.6 Å². The molecule has 50 heavy (non-hydrogen) atoms. The fourth-order valence-electron chi connectivity index (χ4n) is 7.64. The van der Waals surface area contributed by atoms with Gasteiger partial charge in [0.15, 0.2) is 18.4 Å². The first-order valence-corrected chi connectivity index (χ1v) is 18.1. The van der Waals surface area contributed by atoms with Gasteiger partial charge in [0.25, 0.3) is 0 Å². The highest BCUT2D eigenvalue weighted by molar-refractivity contribution is 5.91. The summed E-state index contributed by atoms with van der Waals surface area (Å²) < 4.78 is 48.1. The number of aliphatic hydroxyl groups is 2. The standard InChI is InChI=1S/C37H61NO12/c1-11-27-24(18-45-37-35(44-10)34(43-9)30(41)23(6)47-37)33-28(49-33)14-13-26(39)20(3)16-21(4)32(19(2)12-15-29(40)48-27)50-36-31(42)25(38(7)8)17-22(5)46-36/h12-15,19-25,27-28,30-37,41-42H,11,16-18H2,1-10H3/b14-13+,15-12+/t19-,20+,21-,22+,23+,24+,25-,27+,28-,30+,31+,32+,33-,34+,35+,36-,37+/m0/s1. The van der Waals surface area contributed by atoms with Crippen LogP contribution in [0.4, 0.5) is 0 Å². The molecule has 0 radical (unpaired) electrons. The van der Waals surface area contributed by atoms with Crippen LogP contribution in [-0.2, 0) is 47.5 Å². The molecule has 4 rings (SSSR count). The first-order valence-electron chi connectivity index (χ1n) is 18.1. The molecule has 3 saturated heterocycles. The summed E-state index contributed by atoms with van der Waals surface area (Å²) in [6, 6.07) is -0.144. The molecule has 0 aliphatic carbocycles. The Bertz CT molecular complexity index is 1170. The lowest BCUT2D eigenvalue weighted by molar-refractivity contribution is -0.305. The van der Waals surface area contributed by atoms with Crippen LogP contribution in [0.15, 0.2) is 24.3 Å². The van der Waals surface area contributed by atoms with E-state index in [0.717, 1.165) is 0 Å². The van der Waals surface area contributed by atoms with Crippen LogP contribution in [0.2, 0.25) is 0 Å². The van der Waals surface area contributed by atoms with Gasteiger partial charge in [0.2, 0.25) is 0 Å². The quantitative estimate of drug-likeness (QED) is 0.266. The highest BCUT2D eigenvalue weighted by atomic mass is 16.7. The SMILES string of the molecule is CC[C@H]1OC(=O)/C=C/[C@H](C)[C@@H](O[C@@H]2O[C@H](C)C[C@H](N(C)C)[C@H]2O)[C@@H](C)C[C@@H](C)C(=O)/C=C/[C@@H]2O[C@H]2[C@@H]1CO[C@@H]1O[C@H](C)[C@@H](O)[C@@H](OC)[C@H]1OC. The molecule has 0 amide bonds. The van der Waals surface area contributed by atoms with E-state index in [-0.39, 0.29) is 54.5 Å². The summed E-state index contributed by atoms with van der Waals surface area (Å²) in [5.41, 5.74) is 0. The molecule has 0 aromatic heterocycles. The lowest BCUT2D eigenvalue weighted by Crippen LogP contribution is -2.59. The van der Waals surface area contributed by atoms with Crippen LogP contribution in [0.3, 0.4) is 0 Å². The Morgan fingerprint density at radius 1 is 0.860 bits per heavy atom. The number of cyclic esters (lactones) is 1. The van der Waals surface area contributed by atoms with Crippen LogP contribution in [0.5, 0.6) is 0 Å². The zero-order chi connectivity index (χ0) is 36.9. The molecule has 4 heterocycles. The van der Waals surface area contributed by atoms with E-state index in [1.54, 1.807) is 25.2 Å². The Hall–Kier alpha value is -1.78. The normalized spacial score (nSPS) is 46.2. The Morgan fingerprint density at radius 3 is 2.20 bits per heavy atom. The molecule has 0 unspecified atom stereocenters. The first kappa shape index (κ1) is 41.0. The Morgan fingerprint density at radius 2 is 1.56 bits per heavy atom. The highest BCUT2D eigenvalue weighted by Crippen LogP contribution is 2.37. The van der Waals surface area contributed by atoms with Crippen molar-refractivity contribution in [3.63, 3.8) is 0 Å². The van der Waals surface area contributed by atoms with E-state index in [1.165, 1.54) is 20.3 Å². The fourth-order valence-corrected chi connectivity index (χ4v) is 7.64. The average Bonchev–Trinajstić information content (AvgIpc) is 3.85. The molecule has 13 nitrogen and oxygen atoms in total. The molecule has 0 aromatic carbocycles. The number of esters is 1. The lowest BCUT2D eigenvalue weighted by atomic mass is 9.84. The van der Waals surface area contributed by atoms with Crippen molar-refractivity contribution in [2.45, 2.75) is 140 Å². The molecule has 3 fully saturated rings.